The van der Waals surface area contributed by atoms with Crippen molar-refractivity contribution >= 4 is 45.6 Å². The molecule has 1 saturated heterocycles. The molecule has 4 rings (SSSR count). The number of nitro benzene ring substituents is 1. The number of allylic oxidation sites excluding steroid dienone is 2. The summed E-state index contributed by atoms with van der Waals surface area (Å²) in [6.07, 6.45) is 4.95. The van der Waals surface area contributed by atoms with Gasteiger partial charge in [-0.1, -0.05) is 12.2 Å². The number of carbonyl (C=O) groups is 3. The van der Waals surface area contributed by atoms with Crippen LogP contribution in [0.15, 0.2) is 33.9 Å². The third kappa shape index (κ3) is 3.70. The van der Waals surface area contributed by atoms with Gasteiger partial charge in [-0.3, -0.25) is 19.7 Å². The first-order valence-electron chi connectivity index (χ1n) is 10.1. The fraction of sp³-hybridized carbons (Fsp3) is 0.429. The molecule has 1 aromatic carbocycles. The van der Waals surface area contributed by atoms with Gasteiger partial charge in [0, 0.05) is 11.6 Å². The summed E-state index contributed by atoms with van der Waals surface area (Å²) in [5.41, 5.74) is -0.131. The minimum absolute atomic E-state index is 0.0645. The number of hydrogen-bond acceptors (Lipinski definition) is 8. The molecule has 0 N–H and O–H groups in total. The molecule has 5 atom stereocenters. The van der Waals surface area contributed by atoms with Crippen LogP contribution in [0, 0.1) is 33.8 Å². The summed E-state index contributed by atoms with van der Waals surface area (Å²) in [5, 5.41) is 16.5. The van der Waals surface area contributed by atoms with Crippen LogP contribution < -0.4 is 4.74 Å². The van der Waals surface area contributed by atoms with Crippen molar-refractivity contribution in [2.75, 3.05) is 6.61 Å². The van der Waals surface area contributed by atoms with Crippen LogP contribution in [-0.2, 0) is 19.1 Å². The Bertz CT molecular complexity index is 1040. The van der Waals surface area contributed by atoms with Gasteiger partial charge >= 0.3 is 11.7 Å². The topological polar surface area (TPSA) is 128 Å². The van der Waals surface area contributed by atoms with E-state index in [9.17, 15) is 24.5 Å². The van der Waals surface area contributed by atoms with Crippen LogP contribution in [0.3, 0.4) is 0 Å². The highest BCUT2D eigenvalue weighted by Gasteiger charge is 2.59. The molecule has 1 aliphatic heterocycles. The highest BCUT2D eigenvalue weighted by Crippen LogP contribution is 2.52. The second-order valence-electron chi connectivity index (χ2n) is 7.85. The summed E-state index contributed by atoms with van der Waals surface area (Å²) >= 11 is 3.22. The highest BCUT2D eigenvalue weighted by molar-refractivity contribution is 9.10. The first-order valence-corrected chi connectivity index (χ1v) is 10.9. The van der Waals surface area contributed by atoms with E-state index in [0.717, 1.165) is 11.4 Å². The molecule has 1 heterocycles. The van der Waals surface area contributed by atoms with Gasteiger partial charge in [-0.15, -0.1) is 0 Å². The molecule has 168 valence electrons. The van der Waals surface area contributed by atoms with Crippen LogP contribution >= 0.6 is 15.9 Å². The Morgan fingerprint density at radius 1 is 1.31 bits per heavy atom. The van der Waals surface area contributed by atoms with Gasteiger partial charge in [-0.2, -0.15) is 10.1 Å². The summed E-state index contributed by atoms with van der Waals surface area (Å²) in [6, 6.07) is 2.68. The minimum Gasteiger partial charge on any atom is -0.471 e. The highest BCUT2D eigenvalue weighted by atomic mass is 79.9. The van der Waals surface area contributed by atoms with Gasteiger partial charge in [-0.05, 0) is 54.1 Å². The molecule has 3 aliphatic rings. The molecule has 32 heavy (non-hydrogen) atoms. The van der Waals surface area contributed by atoms with E-state index in [1.54, 1.807) is 6.92 Å². The number of ether oxygens (including phenoxy) is 2. The molecule has 0 spiro atoms. The van der Waals surface area contributed by atoms with Crippen LogP contribution in [0.4, 0.5) is 5.69 Å². The van der Waals surface area contributed by atoms with Gasteiger partial charge in [0.05, 0.1) is 34.1 Å². The Morgan fingerprint density at radius 3 is 2.50 bits per heavy atom. The summed E-state index contributed by atoms with van der Waals surface area (Å²) in [7, 11) is 0. The average Bonchev–Trinajstić information content (AvgIpc) is 3.42. The lowest BCUT2D eigenvalue weighted by atomic mass is 9.85. The van der Waals surface area contributed by atoms with Gasteiger partial charge in [0.1, 0.15) is 0 Å². The number of esters is 1. The molecule has 1 saturated carbocycles. The normalized spacial score (nSPS) is 26.7. The maximum absolute atomic E-state index is 12.7. The van der Waals surface area contributed by atoms with Crippen LogP contribution in [0.1, 0.15) is 25.8 Å². The Hall–Kier alpha value is -3.08. The SMILES string of the molecule is CCOC(=O)[C@@H](C)Oc1c(Br)cc(C=NN2C(=O)[C@@H]3[C@H](C2=O)[C@H]2C=C[C@H]3C2)cc1[N+](=O)[O-]. The van der Waals surface area contributed by atoms with Crippen molar-refractivity contribution in [2.45, 2.75) is 26.4 Å². The molecule has 2 fully saturated rings. The maximum Gasteiger partial charge on any atom is 0.347 e. The van der Waals surface area contributed by atoms with E-state index in [-0.39, 0.29) is 57.9 Å². The fourth-order valence-corrected chi connectivity index (χ4v) is 5.10. The average molecular weight is 506 g/mol. The molecule has 0 unspecified atom stereocenters. The number of fused-ring (bicyclic) bond motifs is 5. The van der Waals surface area contributed by atoms with Crippen molar-refractivity contribution in [1.82, 2.24) is 5.01 Å². The van der Waals surface area contributed by atoms with E-state index in [2.05, 4.69) is 21.0 Å². The number of hydrazone groups is 1. The third-order valence-electron chi connectivity index (χ3n) is 5.93. The summed E-state index contributed by atoms with van der Waals surface area (Å²) in [6.45, 7) is 3.22. The van der Waals surface area contributed by atoms with Crippen molar-refractivity contribution in [1.29, 1.82) is 0 Å². The molecule has 2 bridgehead atoms. The number of imide groups is 1. The largest absolute Gasteiger partial charge is 0.471 e. The van der Waals surface area contributed by atoms with Gasteiger partial charge in [-0.25, -0.2) is 4.79 Å². The van der Waals surface area contributed by atoms with Gasteiger partial charge in [0.2, 0.25) is 5.75 Å². The van der Waals surface area contributed by atoms with Gasteiger partial charge < -0.3 is 9.47 Å². The van der Waals surface area contributed by atoms with E-state index in [0.29, 0.717) is 0 Å². The summed E-state index contributed by atoms with van der Waals surface area (Å²) < 4.78 is 10.5. The lowest BCUT2D eigenvalue weighted by Crippen LogP contribution is -2.28. The zero-order valence-electron chi connectivity index (χ0n) is 17.3. The molecule has 0 aromatic heterocycles. The Labute approximate surface area is 191 Å². The molecular weight excluding hydrogens is 486 g/mol. The number of amides is 2. The van der Waals surface area contributed by atoms with Crippen molar-refractivity contribution in [3.05, 3.63) is 44.4 Å². The number of nitrogens with zero attached hydrogens (tertiary/aromatic N) is 3. The quantitative estimate of drug-likeness (QED) is 0.139. The zero-order valence-corrected chi connectivity index (χ0v) is 18.9. The van der Waals surface area contributed by atoms with Crippen molar-refractivity contribution in [3.8, 4) is 5.75 Å². The van der Waals surface area contributed by atoms with E-state index in [1.165, 1.54) is 25.3 Å². The predicted octanol–water partition coefficient (Wildman–Crippen LogP) is 2.83. The minimum atomic E-state index is -1.06. The number of halogens is 1. The second-order valence-corrected chi connectivity index (χ2v) is 8.71. The van der Waals surface area contributed by atoms with E-state index in [1.807, 2.05) is 12.2 Å². The second kappa shape index (κ2) is 8.45. The van der Waals surface area contributed by atoms with Gasteiger partial charge in [0.15, 0.2) is 6.10 Å². The first kappa shape index (κ1) is 22.1. The molecule has 11 heteroatoms. The van der Waals surface area contributed by atoms with Crippen LogP contribution in [0.25, 0.3) is 0 Å². The predicted molar refractivity (Wildman–Crippen MR) is 115 cm³/mol. The lowest BCUT2D eigenvalue weighted by molar-refractivity contribution is -0.386. The molecule has 2 amide bonds. The molecule has 10 nitrogen and oxygen atoms in total. The molecule has 2 aliphatic carbocycles. The summed E-state index contributed by atoms with van der Waals surface area (Å²) in [5.74, 6) is -2.11. The molecular formula is C21H20BrN3O7. The van der Waals surface area contributed by atoms with Crippen molar-refractivity contribution in [3.63, 3.8) is 0 Å². The Morgan fingerprint density at radius 2 is 1.94 bits per heavy atom. The van der Waals surface area contributed by atoms with Crippen molar-refractivity contribution < 1.29 is 28.8 Å². The van der Waals surface area contributed by atoms with Crippen LogP contribution in [-0.4, -0.2) is 46.6 Å². The van der Waals surface area contributed by atoms with Gasteiger partial charge in [0.25, 0.3) is 11.8 Å². The number of rotatable bonds is 7. The van der Waals surface area contributed by atoms with Crippen LogP contribution in [0.2, 0.25) is 0 Å². The maximum atomic E-state index is 12.7. The lowest BCUT2D eigenvalue weighted by Gasteiger charge is -2.15. The van der Waals surface area contributed by atoms with E-state index < -0.39 is 22.7 Å². The number of benzene rings is 1. The molecule has 1 aromatic rings. The number of carbonyl (C=O) groups excluding carboxylic acids is 3. The van der Waals surface area contributed by atoms with Crippen LogP contribution in [0.5, 0.6) is 5.75 Å². The summed E-state index contributed by atoms with van der Waals surface area (Å²) in [4.78, 5) is 48.2. The van der Waals surface area contributed by atoms with E-state index in [4.69, 9.17) is 9.47 Å². The van der Waals surface area contributed by atoms with E-state index >= 15 is 0 Å². The molecule has 0 radical (unpaired) electrons. The fourth-order valence-electron chi connectivity index (χ4n) is 4.54. The number of nitro groups is 1. The third-order valence-corrected chi connectivity index (χ3v) is 6.51. The standard InChI is InChI=1S/C21H20BrN3O7/c1-3-31-21(28)10(2)32-18-14(22)6-11(7-15(18)25(29)30)9-23-24-19(26)16-12-4-5-13(8-12)17(16)20(24)27/h4-7,9-10,12-13,16-17H,3,8H2,1-2H3/t10-,12+,13+,16-,17+/m1/s1. The number of hydrogen-bond donors (Lipinski definition) is 0. The Balaban J connectivity index is 1.56. The Kier molecular flexibility index (Phi) is 5.85. The monoisotopic (exact) mass is 505 g/mol. The first-order chi connectivity index (χ1) is 15.2. The zero-order chi connectivity index (χ0) is 23.2. The van der Waals surface area contributed by atoms with Crippen molar-refractivity contribution in [2.24, 2.45) is 28.8 Å². The smallest absolute Gasteiger partial charge is 0.347 e.